The Morgan fingerprint density at radius 3 is 2.79 bits per heavy atom. The minimum absolute atomic E-state index is 0.283. The minimum atomic E-state index is -0.927. The Hall–Kier alpha value is -1.59. The van der Waals surface area contributed by atoms with Crippen LogP contribution in [0.1, 0.15) is 16.1 Å². The summed E-state index contributed by atoms with van der Waals surface area (Å²) in [4.78, 5) is 13.6. The number of benzene rings is 1. The summed E-state index contributed by atoms with van der Waals surface area (Å²) in [5.74, 6) is -0.421. The lowest BCUT2D eigenvalue weighted by Gasteiger charge is -2.10. The Bertz CT molecular complexity index is 577. The van der Waals surface area contributed by atoms with Crippen LogP contribution in [0.5, 0.6) is 5.75 Å². The van der Waals surface area contributed by atoms with Gasteiger partial charge in [0.05, 0.1) is 6.61 Å². The summed E-state index contributed by atoms with van der Waals surface area (Å²) in [5, 5.41) is 10.1. The number of carboxylic acid groups (broad SMARTS) is 1. The fourth-order valence-electron chi connectivity index (χ4n) is 1.86. The van der Waals surface area contributed by atoms with Crippen molar-refractivity contribution < 1.29 is 14.6 Å². The highest BCUT2D eigenvalue weighted by atomic mass is 32.1. The van der Waals surface area contributed by atoms with E-state index in [4.69, 9.17) is 4.74 Å². The average molecular weight is 279 g/mol. The van der Waals surface area contributed by atoms with Crippen LogP contribution in [-0.4, -0.2) is 43.2 Å². The van der Waals surface area contributed by atoms with Crippen molar-refractivity contribution in [1.82, 2.24) is 4.90 Å². The summed E-state index contributed by atoms with van der Waals surface area (Å²) >= 11 is 1.26. The molecule has 4 nitrogen and oxygen atoms in total. The molecule has 0 aliphatic heterocycles. The molecule has 1 N–H and O–H groups in total. The summed E-state index contributed by atoms with van der Waals surface area (Å²) in [5.41, 5.74) is 0. The molecule has 2 rings (SSSR count). The number of carbonyl (C=O) groups is 1. The van der Waals surface area contributed by atoms with Gasteiger partial charge in [-0.15, -0.1) is 11.3 Å². The highest BCUT2D eigenvalue weighted by Crippen LogP contribution is 2.37. The van der Waals surface area contributed by atoms with Gasteiger partial charge < -0.3 is 14.7 Å². The normalized spacial score (nSPS) is 11.1. The van der Waals surface area contributed by atoms with Crippen LogP contribution in [0, 0.1) is 0 Å². The van der Waals surface area contributed by atoms with Gasteiger partial charge >= 0.3 is 5.97 Å². The lowest BCUT2D eigenvalue weighted by atomic mass is 10.2. The third-order valence-electron chi connectivity index (χ3n) is 2.74. The fraction of sp³-hybridized carbons (Fsp3) is 0.357. The van der Waals surface area contributed by atoms with Gasteiger partial charge in [-0.05, 0) is 32.6 Å². The molecule has 102 valence electrons. The number of ether oxygens (including phenoxy) is 1. The maximum Gasteiger partial charge on any atom is 0.349 e. The molecule has 1 heterocycles. The maximum absolute atomic E-state index is 11.3. The molecular formula is C14H17NO3S. The Morgan fingerprint density at radius 1 is 1.37 bits per heavy atom. The van der Waals surface area contributed by atoms with Crippen LogP contribution in [0.25, 0.3) is 10.1 Å². The summed E-state index contributed by atoms with van der Waals surface area (Å²) in [6.07, 6.45) is 0.871. The van der Waals surface area contributed by atoms with E-state index in [9.17, 15) is 9.90 Å². The second-order valence-electron chi connectivity index (χ2n) is 4.57. The molecule has 0 aliphatic rings. The Morgan fingerprint density at radius 2 is 2.11 bits per heavy atom. The molecule has 0 atom stereocenters. The van der Waals surface area contributed by atoms with Crippen LogP contribution in [-0.2, 0) is 0 Å². The van der Waals surface area contributed by atoms with Crippen LogP contribution in [0.4, 0.5) is 0 Å². The molecule has 19 heavy (non-hydrogen) atoms. The first kappa shape index (κ1) is 13.8. The van der Waals surface area contributed by atoms with E-state index in [2.05, 4.69) is 4.90 Å². The van der Waals surface area contributed by atoms with Crippen molar-refractivity contribution in [2.24, 2.45) is 0 Å². The van der Waals surface area contributed by atoms with Gasteiger partial charge in [-0.2, -0.15) is 0 Å². The van der Waals surface area contributed by atoms with E-state index in [1.165, 1.54) is 11.3 Å². The number of aromatic carboxylic acids is 1. The second kappa shape index (κ2) is 6.04. The quantitative estimate of drug-likeness (QED) is 0.826. The molecule has 1 aromatic carbocycles. The highest BCUT2D eigenvalue weighted by Gasteiger charge is 2.18. The summed E-state index contributed by atoms with van der Waals surface area (Å²) < 4.78 is 6.65. The molecule has 0 bridgehead atoms. The number of fused-ring (bicyclic) bond motifs is 1. The molecule has 0 radical (unpaired) electrons. The summed E-state index contributed by atoms with van der Waals surface area (Å²) in [6, 6.07) is 7.62. The second-order valence-corrected chi connectivity index (χ2v) is 5.62. The van der Waals surface area contributed by atoms with Crippen LogP contribution in [0.3, 0.4) is 0 Å². The zero-order valence-corrected chi connectivity index (χ0v) is 11.9. The predicted molar refractivity (Wildman–Crippen MR) is 77.5 cm³/mol. The van der Waals surface area contributed by atoms with Gasteiger partial charge in [0.25, 0.3) is 0 Å². The van der Waals surface area contributed by atoms with Crippen LogP contribution in [0.2, 0.25) is 0 Å². The molecule has 0 fully saturated rings. The first-order valence-electron chi connectivity index (χ1n) is 6.12. The van der Waals surface area contributed by atoms with Gasteiger partial charge in [0.15, 0.2) is 10.6 Å². The van der Waals surface area contributed by atoms with E-state index in [0.717, 1.165) is 23.1 Å². The molecule has 0 spiro atoms. The topological polar surface area (TPSA) is 49.8 Å². The zero-order chi connectivity index (χ0) is 13.8. The first-order chi connectivity index (χ1) is 9.09. The lowest BCUT2D eigenvalue weighted by molar-refractivity contribution is 0.0698. The van der Waals surface area contributed by atoms with Gasteiger partial charge in [-0.1, -0.05) is 12.1 Å². The molecule has 0 saturated carbocycles. The number of hydrogen-bond acceptors (Lipinski definition) is 4. The molecule has 5 heteroatoms. The lowest BCUT2D eigenvalue weighted by Crippen LogP contribution is -2.15. The molecule has 0 saturated heterocycles. The predicted octanol–water partition coefficient (Wildman–Crippen LogP) is 2.93. The summed E-state index contributed by atoms with van der Waals surface area (Å²) in [7, 11) is 4.01. The minimum Gasteiger partial charge on any atom is -0.491 e. The van der Waals surface area contributed by atoms with E-state index < -0.39 is 5.97 Å². The number of nitrogens with zero attached hydrogens (tertiary/aromatic N) is 1. The van der Waals surface area contributed by atoms with Crippen LogP contribution < -0.4 is 4.74 Å². The van der Waals surface area contributed by atoms with Crippen molar-refractivity contribution in [3.05, 3.63) is 29.1 Å². The van der Waals surface area contributed by atoms with Gasteiger partial charge in [0.1, 0.15) is 0 Å². The Kier molecular flexibility index (Phi) is 4.39. The van der Waals surface area contributed by atoms with E-state index >= 15 is 0 Å². The third-order valence-corrected chi connectivity index (χ3v) is 3.88. The number of rotatable bonds is 6. The van der Waals surface area contributed by atoms with Gasteiger partial charge in [-0.25, -0.2) is 4.79 Å². The largest absolute Gasteiger partial charge is 0.491 e. The smallest absolute Gasteiger partial charge is 0.349 e. The van der Waals surface area contributed by atoms with Crippen molar-refractivity contribution in [3.8, 4) is 5.75 Å². The first-order valence-corrected chi connectivity index (χ1v) is 6.93. The monoisotopic (exact) mass is 279 g/mol. The van der Waals surface area contributed by atoms with E-state index in [-0.39, 0.29) is 4.88 Å². The molecular weight excluding hydrogens is 262 g/mol. The van der Waals surface area contributed by atoms with Crippen LogP contribution >= 0.6 is 11.3 Å². The number of thiophene rings is 1. The Balaban J connectivity index is 2.19. The van der Waals surface area contributed by atoms with E-state index in [0.29, 0.717) is 12.4 Å². The molecule has 0 amide bonds. The van der Waals surface area contributed by atoms with Gasteiger partial charge in [0.2, 0.25) is 0 Å². The van der Waals surface area contributed by atoms with Crippen molar-refractivity contribution in [1.29, 1.82) is 0 Å². The van der Waals surface area contributed by atoms with Crippen molar-refractivity contribution >= 4 is 27.4 Å². The third kappa shape index (κ3) is 3.24. The van der Waals surface area contributed by atoms with Crippen LogP contribution in [0.15, 0.2) is 24.3 Å². The standard InChI is InChI=1S/C14H17NO3S/c1-15(2)8-5-9-18-12-10-6-3-4-7-11(10)19-13(12)14(16)17/h3-4,6-7H,5,8-9H2,1-2H3,(H,16,17). The van der Waals surface area contributed by atoms with Crippen molar-refractivity contribution in [2.75, 3.05) is 27.2 Å². The average Bonchev–Trinajstić information content (AvgIpc) is 2.73. The molecule has 1 aromatic heterocycles. The van der Waals surface area contributed by atoms with Gasteiger partial charge in [0, 0.05) is 16.6 Å². The number of carboxylic acids is 1. The fourth-order valence-corrected chi connectivity index (χ4v) is 2.85. The Labute approximate surface area is 116 Å². The molecule has 0 aliphatic carbocycles. The van der Waals surface area contributed by atoms with Gasteiger partial charge in [-0.3, -0.25) is 0 Å². The molecule has 0 unspecified atom stereocenters. The van der Waals surface area contributed by atoms with Crippen molar-refractivity contribution in [3.63, 3.8) is 0 Å². The van der Waals surface area contributed by atoms with E-state index in [1.807, 2.05) is 38.4 Å². The van der Waals surface area contributed by atoms with E-state index in [1.54, 1.807) is 0 Å². The van der Waals surface area contributed by atoms with Crippen molar-refractivity contribution in [2.45, 2.75) is 6.42 Å². The maximum atomic E-state index is 11.3. The zero-order valence-electron chi connectivity index (χ0n) is 11.0. The summed E-state index contributed by atoms with van der Waals surface area (Å²) in [6.45, 7) is 1.45. The number of hydrogen-bond donors (Lipinski definition) is 1. The highest BCUT2D eigenvalue weighted by molar-refractivity contribution is 7.21. The molecule has 2 aromatic rings. The SMILES string of the molecule is CN(C)CCCOc1c(C(=O)O)sc2ccccc12.